The van der Waals surface area contributed by atoms with Crippen molar-refractivity contribution in [3.8, 4) is 0 Å². The minimum atomic E-state index is -0.365. The van der Waals surface area contributed by atoms with Crippen LogP contribution in [0.1, 0.15) is 18.4 Å². The zero-order chi connectivity index (χ0) is 11.5. The van der Waals surface area contributed by atoms with Crippen LogP contribution in [-0.4, -0.2) is 24.8 Å². The molecule has 84 valence electrons. The summed E-state index contributed by atoms with van der Waals surface area (Å²) >= 11 is 6.07. The Labute approximate surface area is 99.1 Å². The summed E-state index contributed by atoms with van der Waals surface area (Å²) in [6, 6.07) is 7.16. The van der Waals surface area contributed by atoms with Crippen LogP contribution in [0.5, 0.6) is 0 Å². The SMILES string of the molecule is COC(=O)[C@@H]1CCC(c2ccccc2Cl)=N1. The topological polar surface area (TPSA) is 38.7 Å². The monoisotopic (exact) mass is 237 g/mol. The average molecular weight is 238 g/mol. The van der Waals surface area contributed by atoms with Crippen LogP contribution in [0.2, 0.25) is 5.02 Å². The van der Waals surface area contributed by atoms with E-state index in [0.717, 1.165) is 17.7 Å². The highest BCUT2D eigenvalue weighted by Crippen LogP contribution is 2.24. The van der Waals surface area contributed by atoms with Crippen LogP contribution < -0.4 is 0 Å². The standard InChI is InChI=1S/C12H12ClNO2/c1-16-12(15)11-7-6-10(14-11)8-4-2-3-5-9(8)13/h2-5,11H,6-7H2,1H3/t11-/m0/s1. The second-order valence-electron chi connectivity index (χ2n) is 3.63. The number of hydrogen-bond acceptors (Lipinski definition) is 3. The molecule has 3 nitrogen and oxygen atoms in total. The predicted octanol–water partition coefficient (Wildman–Crippen LogP) is 2.46. The summed E-state index contributed by atoms with van der Waals surface area (Å²) in [6.45, 7) is 0. The van der Waals surface area contributed by atoms with Gasteiger partial charge in [-0.3, -0.25) is 4.99 Å². The van der Waals surface area contributed by atoms with E-state index in [0.29, 0.717) is 11.4 Å². The van der Waals surface area contributed by atoms with Crippen molar-refractivity contribution in [3.05, 3.63) is 34.9 Å². The van der Waals surface area contributed by atoms with Gasteiger partial charge in [0.1, 0.15) is 6.04 Å². The molecule has 0 N–H and O–H groups in total. The molecule has 0 saturated carbocycles. The fraction of sp³-hybridized carbons (Fsp3) is 0.333. The summed E-state index contributed by atoms with van der Waals surface area (Å²) in [7, 11) is 1.38. The second-order valence-corrected chi connectivity index (χ2v) is 4.04. The van der Waals surface area contributed by atoms with Gasteiger partial charge >= 0.3 is 5.97 Å². The smallest absolute Gasteiger partial charge is 0.330 e. The van der Waals surface area contributed by atoms with Gasteiger partial charge in [0.05, 0.1) is 7.11 Å². The normalized spacial score (nSPS) is 19.4. The molecule has 0 unspecified atom stereocenters. The Morgan fingerprint density at radius 2 is 2.25 bits per heavy atom. The minimum absolute atomic E-state index is 0.276. The van der Waals surface area contributed by atoms with Crippen molar-refractivity contribution in [3.63, 3.8) is 0 Å². The fourth-order valence-electron chi connectivity index (χ4n) is 1.80. The zero-order valence-corrected chi connectivity index (χ0v) is 9.70. The quantitative estimate of drug-likeness (QED) is 0.742. The zero-order valence-electron chi connectivity index (χ0n) is 8.94. The Balaban J connectivity index is 2.25. The summed E-state index contributed by atoms with van der Waals surface area (Å²) in [5.74, 6) is -0.276. The fourth-order valence-corrected chi connectivity index (χ4v) is 2.04. The Hall–Kier alpha value is -1.35. The molecule has 0 spiro atoms. The van der Waals surface area contributed by atoms with Crippen LogP contribution >= 0.6 is 11.6 Å². The average Bonchev–Trinajstić information content (AvgIpc) is 2.78. The van der Waals surface area contributed by atoms with Crippen LogP contribution in [0.4, 0.5) is 0 Å². The van der Waals surface area contributed by atoms with E-state index in [2.05, 4.69) is 9.73 Å². The molecule has 0 radical (unpaired) electrons. The number of hydrogen-bond donors (Lipinski definition) is 0. The molecule has 0 aromatic heterocycles. The Morgan fingerprint density at radius 1 is 1.50 bits per heavy atom. The van der Waals surface area contributed by atoms with Crippen LogP contribution in [0, 0.1) is 0 Å². The summed E-state index contributed by atoms with van der Waals surface area (Å²) in [4.78, 5) is 15.7. The molecule has 16 heavy (non-hydrogen) atoms. The maximum absolute atomic E-state index is 11.3. The minimum Gasteiger partial charge on any atom is -0.467 e. The van der Waals surface area contributed by atoms with Crippen LogP contribution in [0.3, 0.4) is 0 Å². The van der Waals surface area contributed by atoms with Crippen LogP contribution in [-0.2, 0) is 9.53 Å². The molecular weight excluding hydrogens is 226 g/mol. The molecule has 0 aliphatic carbocycles. The van der Waals surface area contributed by atoms with Gasteiger partial charge in [0.15, 0.2) is 0 Å². The first-order valence-corrected chi connectivity index (χ1v) is 5.49. The summed E-state index contributed by atoms with van der Waals surface area (Å²) in [5, 5.41) is 0.673. The van der Waals surface area contributed by atoms with Crippen molar-refractivity contribution in [2.24, 2.45) is 4.99 Å². The second kappa shape index (κ2) is 4.66. The van der Waals surface area contributed by atoms with Crippen LogP contribution in [0.25, 0.3) is 0 Å². The lowest BCUT2D eigenvalue weighted by molar-refractivity contribution is -0.141. The lowest BCUT2D eigenvalue weighted by atomic mass is 10.1. The predicted molar refractivity (Wildman–Crippen MR) is 63.0 cm³/mol. The number of carbonyl (C=O) groups is 1. The molecular formula is C12H12ClNO2. The first kappa shape index (κ1) is 11.1. The van der Waals surface area contributed by atoms with E-state index in [9.17, 15) is 4.79 Å². The lowest BCUT2D eigenvalue weighted by Gasteiger charge is -2.03. The third kappa shape index (κ3) is 2.09. The van der Waals surface area contributed by atoms with E-state index in [4.69, 9.17) is 11.6 Å². The molecule has 1 heterocycles. The first-order valence-electron chi connectivity index (χ1n) is 5.12. The highest BCUT2D eigenvalue weighted by atomic mass is 35.5. The molecule has 0 bridgehead atoms. The van der Waals surface area contributed by atoms with Gasteiger partial charge in [0.2, 0.25) is 0 Å². The van der Waals surface area contributed by atoms with Gasteiger partial charge in [-0.15, -0.1) is 0 Å². The van der Waals surface area contributed by atoms with E-state index < -0.39 is 0 Å². The number of esters is 1. The van der Waals surface area contributed by atoms with Crippen molar-refractivity contribution in [1.29, 1.82) is 0 Å². The van der Waals surface area contributed by atoms with Crippen molar-refractivity contribution in [1.82, 2.24) is 0 Å². The van der Waals surface area contributed by atoms with Gasteiger partial charge in [-0.1, -0.05) is 29.8 Å². The molecule has 0 fully saturated rings. The number of nitrogens with zero attached hydrogens (tertiary/aromatic N) is 1. The van der Waals surface area contributed by atoms with Gasteiger partial charge in [-0.25, -0.2) is 4.79 Å². The molecule has 0 saturated heterocycles. The van der Waals surface area contributed by atoms with E-state index in [1.807, 2.05) is 24.3 Å². The molecule has 1 aromatic carbocycles. The summed E-state index contributed by atoms with van der Waals surface area (Å²) < 4.78 is 4.67. The molecule has 4 heteroatoms. The van der Waals surface area contributed by atoms with Crippen LogP contribution in [0.15, 0.2) is 29.3 Å². The molecule has 0 amide bonds. The van der Waals surface area contributed by atoms with Gasteiger partial charge < -0.3 is 4.74 Å². The summed E-state index contributed by atoms with van der Waals surface area (Å²) in [6.07, 6.45) is 1.47. The maximum atomic E-state index is 11.3. The van der Waals surface area contributed by atoms with Crippen molar-refractivity contribution < 1.29 is 9.53 Å². The number of aliphatic imine (C=N–C) groups is 1. The van der Waals surface area contributed by atoms with Crippen molar-refractivity contribution in [2.75, 3.05) is 7.11 Å². The third-order valence-corrected chi connectivity index (χ3v) is 2.95. The van der Waals surface area contributed by atoms with Gasteiger partial charge in [-0.05, 0) is 18.9 Å². The van der Waals surface area contributed by atoms with Gasteiger partial charge in [-0.2, -0.15) is 0 Å². The van der Waals surface area contributed by atoms with Gasteiger partial charge in [0.25, 0.3) is 0 Å². The largest absolute Gasteiger partial charge is 0.467 e. The van der Waals surface area contributed by atoms with E-state index in [1.54, 1.807) is 0 Å². The Bertz CT molecular complexity index is 442. The molecule has 2 rings (SSSR count). The third-order valence-electron chi connectivity index (χ3n) is 2.62. The van der Waals surface area contributed by atoms with E-state index in [1.165, 1.54) is 7.11 Å². The molecule has 1 aliphatic heterocycles. The number of halogens is 1. The van der Waals surface area contributed by atoms with E-state index in [-0.39, 0.29) is 12.0 Å². The molecule has 1 aliphatic rings. The number of methoxy groups -OCH3 is 1. The van der Waals surface area contributed by atoms with Gasteiger partial charge in [0, 0.05) is 16.3 Å². The number of benzene rings is 1. The number of ether oxygens (including phenoxy) is 1. The lowest BCUT2D eigenvalue weighted by Crippen LogP contribution is -2.16. The maximum Gasteiger partial charge on any atom is 0.330 e. The number of carbonyl (C=O) groups excluding carboxylic acids is 1. The van der Waals surface area contributed by atoms with Crippen molar-refractivity contribution >= 4 is 23.3 Å². The number of rotatable bonds is 2. The van der Waals surface area contributed by atoms with Crippen molar-refractivity contribution in [2.45, 2.75) is 18.9 Å². The highest BCUT2D eigenvalue weighted by Gasteiger charge is 2.26. The molecule has 1 atom stereocenters. The Morgan fingerprint density at radius 3 is 2.94 bits per heavy atom. The first-order chi connectivity index (χ1) is 7.72. The van der Waals surface area contributed by atoms with E-state index >= 15 is 0 Å². The summed E-state index contributed by atoms with van der Waals surface area (Å²) in [5.41, 5.74) is 1.80. The Kier molecular flexibility index (Phi) is 3.25. The highest BCUT2D eigenvalue weighted by molar-refractivity contribution is 6.34. The molecule has 1 aromatic rings.